The van der Waals surface area contributed by atoms with Gasteiger partial charge in [-0.3, -0.25) is 9.59 Å². The minimum atomic E-state index is -0.123. The fourth-order valence-electron chi connectivity index (χ4n) is 3.02. The SMILES string of the molecule is COc1ccc(N)cc1N1C(=O)C2CCC(C2)C1=O. The Kier molecular flexibility index (Phi) is 2.69. The largest absolute Gasteiger partial charge is 0.495 e. The normalized spacial score (nSPS) is 25.8. The second-order valence-corrected chi connectivity index (χ2v) is 5.15. The second-order valence-electron chi connectivity index (χ2n) is 5.15. The van der Waals surface area contributed by atoms with E-state index in [0.717, 1.165) is 12.8 Å². The van der Waals surface area contributed by atoms with Crippen LogP contribution in [0.3, 0.4) is 0 Å². The van der Waals surface area contributed by atoms with E-state index in [2.05, 4.69) is 0 Å². The molecule has 2 unspecified atom stereocenters. The average molecular weight is 260 g/mol. The smallest absolute Gasteiger partial charge is 0.237 e. The summed E-state index contributed by atoms with van der Waals surface area (Å²) in [6.45, 7) is 0. The lowest BCUT2D eigenvalue weighted by molar-refractivity contribution is -0.133. The van der Waals surface area contributed by atoms with Crippen molar-refractivity contribution in [2.45, 2.75) is 19.3 Å². The Morgan fingerprint density at radius 2 is 1.84 bits per heavy atom. The highest BCUT2D eigenvalue weighted by Crippen LogP contribution is 2.42. The van der Waals surface area contributed by atoms with E-state index in [1.165, 1.54) is 12.0 Å². The van der Waals surface area contributed by atoms with Gasteiger partial charge in [0.25, 0.3) is 0 Å². The molecule has 19 heavy (non-hydrogen) atoms. The van der Waals surface area contributed by atoms with Gasteiger partial charge in [0.1, 0.15) is 5.75 Å². The highest BCUT2D eigenvalue weighted by atomic mass is 16.5. The Bertz CT molecular complexity index is 534. The molecule has 2 atom stereocenters. The maximum absolute atomic E-state index is 12.4. The fourth-order valence-corrected chi connectivity index (χ4v) is 3.02. The number of nitrogen functional groups attached to an aromatic ring is 1. The Labute approximate surface area is 111 Å². The Balaban J connectivity index is 2.08. The molecule has 2 N–H and O–H groups in total. The predicted octanol–water partition coefficient (Wildman–Crippen LogP) is 1.57. The number of carbonyl (C=O) groups is 2. The van der Waals surface area contributed by atoms with E-state index in [1.807, 2.05) is 0 Å². The van der Waals surface area contributed by atoms with Gasteiger partial charge in [-0.15, -0.1) is 0 Å². The van der Waals surface area contributed by atoms with Crippen LogP contribution in [0.25, 0.3) is 0 Å². The molecule has 2 amide bonds. The van der Waals surface area contributed by atoms with E-state index < -0.39 is 0 Å². The first-order valence-electron chi connectivity index (χ1n) is 6.43. The molecule has 5 nitrogen and oxygen atoms in total. The molecule has 2 aliphatic rings. The van der Waals surface area contributed by atoms with Crippen LogP contribution in [0.1, 0.15) is 19.3 Å². The zero-order chi connectivity index (χ0) is 13.6. The molecule has 2 bridgehead atoms. The van der Waals surface area contributed by atoms with Crippen LogP contribution < -0.4 is 15.4 Å². The fraction of sp³-hybridized carbons (Fsp3) is 0.429. The monoisotopic (exact) mass is 260 g/mol. The number of carbonyl (C=O) groups excluding carboxylic acids is 2. The summed E-state index contributed by atoms with van der Waals surface area (Å²) >= 11 is 0. The number of methoxy groups -OCH3 is 1. The number of nitrogens with zero attached hydrogens (tertiary/aromatic N) is 1. The van der Waals surface area contributed by atoms with Crippen molar-refractivity contribution in [3.8, 4) is 5.75 Å². The quantitative estimate of drug-likeness (QED) is 0.647. The van der Waals surface area contributed by atoms with Gasteiger partial charge >= 0.3 is 0 Å². The van der Waals surface area contributed by atoms with Crippen molar-refractivity contribution >= 4 is 23.2 Å². The molecule has 1 saturated heterocycles. The minimum Gasteiger partial charge on any atom is -0.495 e. The van der Waals surface area contributed by atoms with Gasteiger partial charge in [0.2, 0.25) is 11.8 Å². The molecule has 1 heterocycles. The standard InChI is InChI=1S/C14H16N2O3/c1-19-12-5-4-10(15)7-11(12)16-13(17)8-2-3-9(6-8)14(16)18/h4-5,7-9H,2-3,6,15H2,1H3. The molecule has 1 aliphatic heterocycles. The highest BCUT2D eigenvalue weighted by Gasteiger charge is 2.46. The van der Waals surface area contributed by atoms with Gasteiger partial charge in [-0.05, 0) is 37.5 Å². The van der Waals surface area contributed by atoms with Gasteiger partial charge in [0.05, 0.1) is 12.8 Å². The molecule has 1 aliphatic carbocycles. The van der Waals surface area contributed by atoms with Gasteiger partial charge in [-0.2, -0.15) is 0 Å². The molecular formula is C14H16N2O3. The maximum atomic E-state index is 12.4. The number of nitrogens with two attached hydrogens (primary N) is 1. The summed E-state index contributed by atoms with van der Waals surface area (Å²) in [7, 11) is 1.52. The number of fused-ring (bicyclic) bond motifs is 2. The first-order valence-corrected chi connectivity index (χ1v) is 6.43. The van der Waals surface area contributed by atoms with Gasteiger partial charge in [0.15, 0.2) is 0 Å². The Morgan fingerprint density at radius 1 is 1.21 bits per heavy atom. The molecular weight excluding hydrogens is 244 g/mol. The Hall–Kier alpha value is -2.04. The summed E-state index contributed by atoms with van der Waals surface area (Å²) < 4.78 is 5.24. The number of anilines is 2. The lowest BCUT2D eigenvalue weighted by Gasteiger charge is -2.30. The van der Waals surface area contributed by atoms with Gasteiger partial charge in [-0.1, -0.05) is 0 Å². The highest BCUT2D eigenvalue weighted by molar-refractivity contribution is 6.19. The number of hydrogen-bond acceptors (Lipinski definition) is 4. The van der Waals surface area contributed by atoms with Crippen molar-refractivity contribution in [2.24, 2.45) is 11.8 Å². The second kappa shape index (κ2) is 4.26. The number of amides is 2. The van der Waals surface area contributed by atoms with Crippen LogP contribution >= 0.6 is 0 Å². The zero-order valence-electron chi connectivity index (χ0n) is 10.8. The van der Waals surface area contributed by atoms with Crippen molar-refractivity contribution in [1.82, 2.24) is 0 Å². The average Bonchev–Trinajstić information content (AvgIpc) is 2.84. The van der Waals surface area contributed by atoms with E-state index in [0.29, 0.717) is 23.5 Å². The third-order valence-corrected chi connectivity index (χ3v) is 4.02. The summed E-state index contributed by atoms with van der Waals surface area (Å²) in [4.78, 5) is 26.0. The summed E-state index contributed by atoms with van der Waals surface area (Å²) in [6.07, 6.45) is 2.30. The number of rotatable bonds is 2. The molecule has 100 valence electrons. The first kappa shape index (κ1) is 12.0. The molecule has 5 heteroatoms. The van der Waals surface area contributed by atoms with E-state index in [4.69, 9.17) is 10.5 Å². The first-order chi connectivity index (χ1) is 9.11. The minimum absolute atomic E-state index is 0.0335. The predicted molar refractivity (Wildman–Crippen MR) is 70.7 cm³/mol. The molecule has 1 aromatic rings. The van der Waals surface area contributed by atoms with Crippen molar-refractivity contribution in [3.63, 3.8) is 0 Å². The molecule has 0 aromatic heterocycles. The third-order valence-electron chi connectivity index (χ3n) is 4.02. The Morgan fingerprint density at radius 3 is 2.42 bits per heavy atom. The van der Waals surface area contributed by atoms with Crippen LogP contribution in [-0.4, -0.2) is 18.9 Å². The van der Waals surface area contributed by atoms with Crippen molar-refractivity contribution in [2.75, 3.05) is 17.7 Å². The van der Waals surface area contributed by atoms with Crippen LogP contribution in [0.15, 0.2) is 18.2 Å². The molecule has 1 aromatic carbocycles. The van der Waals surface area contributed by atoms with Crippen molar-refractivity contribution in [1.29, 1.82) is 0 Å². The molecule has 3 rings (SSSR count). The molecule has 0 spiro atoms. The maximum Gasteiger partial charge on any atom is 0.237 e. The van der Waals surface area contributed by atoms with E-state index >= 15 is 0 Å². The van der Waals surface area contributed by atoms with Crippen LogP contribution in [0.2, 0.25) is 0 Å². The van der Waals surface area contributed by atoms with Gasteiger partial charge in [-0.25, -0.2) is 4.90 Å². The molecule has 1 saturated carbocycles. The number of imide groups is 1. The number of ether oxygens (including phenoxy) is 1. The van der Waals surface area contributed by atoms with Crippen LogP contribution in [0.4, 0.5) is 11.4 Å². The van der Waals surface area contributed by atoms with Gasteiger partial charge < -0.3 is 10.5 Å². The van der Waals surface area contributed by atoms with E-state index in [9.17, 15) is 9.59 Å². The molecule has 2 fully saturated rings. The van der Waals surface area contributed by atoms with Crippen molar-refractivity contribution < 1.29 is 14.3 Å². The van der Waals surface area contributed by atoms with Crippen LogP contribution in [0.5, 0.6) is 5.75 Å². The number of piperidine rings is 1. The van der Waals surface area contributed by atoms with Crippen molar-refractivity contribution in [3.05, 3.63) is 18.2 Å². The number of hydrogen-bond donors (Lipinski definition) is 1. The van der Waals surface area contributed by atoms with Crippen LogP contribution in [0, 0.1) is 11.8 Å². The van der Waals surface area contributed by atoms with E-state index in [1.54, 1.807) is 18.2 Å². The molecule has 0 radical (unpaired) electrons. The third kappa shape index (κ3) is 1.77. The zero-order valence-corrected chi connectivity index (χ0v) is 10.8. The summed E-state index contributed by atoms with van der Waals surface area (Å²) in [5, 5.41) is 0. The van der Waals surface area contributed by atoms with Gasteiger partial charge in [0, 0.05) is 17.5 Å². The lowest BCUT2D eigenvalue weighted by atomic mass is 9.96. The van der Waals surface area contributed by atoms with Crippen LogP contribution in [-0.2, 0) is 9.59 Å². The summed E-state index contributed by atoms with van der Waals surface area (Å²) in [5.74, 6) is 0.185. The summed E-state index contributed by atoms with van der Waals surface area (Å²) in [5.41, 5.74) is 6.74. The number of benzene rings is 1. The van der Waals surface area contributed by atoms with E-state index in [-0.39, 0.29) is 23.7 Å². The summed E-state index contributed by atoms with van der Waals surface area (Å²) in [6, 6.07) is 5.00. The topological polar surface area (TPSA) is 72.6 Å². The lowest BCUT2D eigenvalue weighted by Crippen LogP contribution is -2.46.